The number of nitrogens with zero attached hydrogens (tertiary/aromatic N) is 3. The molecule has 0 saturated carbocycles. The van der Waals surface area contributed by atoms with Crippen LogP contribution in [0.2, 0.25) is 0 Å². The van der Waals surface area contributed by atoms with Gasteiger partial charge in [-0.15, -0.1) is 0 Å². The average Bonchev–Trinajstić information content (AvgIpc) is 3.31. The Labute approximate surface area is 171 Å². The van der Waals surface area contributed by atoms with E-state index in [1.165, 1.54) is 0 Å². The maximum Gasteiger partial charge on any atom is 0.262 e. The summed E-state index contributed by atoms with van der Waals surface area (Å²) in [7, 11) is 1.73. The standard InChI is InChI=1S/C20H18N6O4/c1-21-13-8-9-22-19(13)23-16(28)10-30-14-5-3-4-11-17(25-26(2)18(11)14)12-6-7-15(27)24-20(12)29/h3-5,8-9,12,22H,6-7,10H2,2H3,(H,23,28)(H,24,27,29). The molecule has 0 bridgehead atoms. The molecule has 1 fully saturated rings. The first-order valence-electron chi connectivity index (χ1n) is 9.24. The second-order valence-corrected chi connectivity index (χ2v) is 6.85. The third-order valence-electron chi connectivity index (χ3n) is 4.89. The molecule has 10 nitrogen and oxygen atoms in total. The van der Waals surface area contributed by atoms with Gasteiger partial charge in [-0.25, -0.2) is 4.85 Å². The van der Waals surface area contributed by atoms with E-state index in [1.807, 2.05) is 6.07 Å². The number of aromatic amines is 1. The van der Waals surface area contributed by atoms with Gasteiger partial charge in [0.1, 0.15) is 17.1 Å². The highest BCUT2D eigenvalue weighted by Gasteiger charge is 2.32. The van der Waals surface area contributed by atoms with E-state index in [0.29, 0.717) is 34.9 Å². The number of hydrogen-bond donors (Lipinski definition) is 3. The van der Waals surface area contributed by atoms with Crippen LogP contribution < -0.4 is 15.4 Å². The Kier molecular flexibility index (Phi) is 4.93. The molecule has 3 aromatic rings. The van der Waals surface area contributed by atoms with Crippen LogP contribution in [0, 0.1) is 6.57 Å². The SMILES string of the molecule is [C-]#[N+]c1cc[nH]c1NC(=O)COc1cccc2c(C3CCC(=O)NC3=O)nn(C)c12. The first-order valence-corrected chi connectivity index (χ1v) is 9.24. The highest BCUT2D eigenvalue weighted by atomic mass is 16.5. The number of fused-ring (bicyclic) bond motifs is 1. The molecule has 0 spiro atoms. The topological polar surface area (TPSA) is 122 Å². The van der Waals surface area contributed by atoms with Gasteiger partial charge in [0, 0.05) is 18.9 Å². The summed E-state index contributed by atoms with van der Waals surface area (Å²) < 4.78 is 7.31. The van der Waals surface area contributed by atoms with Crippen LogP contribution in [0.4, 0.5) is 11.5 Å². The summed E-state index contributed by atoms with van der Waals surface area (Å²) >= 11 is 0. The molecule has 1 aliphatic rings. The number of carbonyl (C=O) groups is 3. The molecule has 1 atom stereocenters. The molecule has 1 unspecified atom stereocenters. The summed E-state index contributed by atoms with van der Waals surface area (Å²) in [6.07, 6.45) is 2.22. The molecule has 3 heterocycles. The first-order chi connectivity index (χ1) is 14.5. The Hall–Kier alpha value is -4.13. The lowest BCUT2D eigenvalue weighted by Gasteiger charge is -2.19. The highest BCUT2D eigenvalue weighted by molar-refractivity contribution is 6.03. The Morgan fingerprint density at radius 1 is 1.40 bits per heavy atom. The van der Waals surface area contributed by atoms with Crippen LogP contribution in [-0.4, -0.2) is 39.1 Å². The Morgan fingerprint density at radius 3 is 3.00 bits per heavy atom. The summed E-state index contributed by atoms with van der Waals surface area (Å²) in [6.45, 7) is 6.80. The molecule has 0 aliphatic carbocycles. The van der Waals surface area contributed by atoms with Crippen molar-refractivity contribution in [1.29, 1.82) is 0 Å². The number of ether oxygens (including phenoxy) is 1. The van der Waals surface area contributed by atoms with E-state index in [-0.39, 0.29) is 24.8 Å². The maximum atomic E-state index is 12.3. The fourth-order valence-corrected chi connectivity index (χ4v) is 3.53. The van der Waals surface area contributed by atoms with E-state index >= 15 is 0 Å². The smallest absolute Gasteiger partial charge is 0.262 e. The van der Waals surface area contributed by atoms with Crippen molar-refractivity contribution in [3.63, 3.8) is 0 Å². The number of nitrogens with one attached hydrogen (secondary N) is 3. The van der Waals surface area contributed by atoms with Gasteiger partial charge >= 0.3 is 0 Å². The third kappa shape index (κ3) is 3.48. The number of benzene rings is 1. The van der Waals surface area contributed by atoms with Crippen molar-refractivity contribution in [2.45, 2.75) is 18.8 Å². The van der Waals surface area contributed by atoms with Gasteiger partial charge < -0.3 is 15.0 Å². The molecule has 2 aromatic heterocycles. The molecule has 1 aromatic carbocycles. The number of para-hydroxylation sites is 1. The van der Waals surface area contributed by atoms with Crippen molar-refractivity contribution in [2.24, 2.45) is 7.05 Å². The van der Waals surface area contributed by atoms with Gasteiger partial charge in [0.05, 0.1) is 18.2 Å². The second-order valence-electron chi connectivity index (χ2n) is 6.85. The van der Waals surface area contributed by atoms with Crippen LogP contribution in [0.3, 0.4) is 0 Å². The van der Waals surface area contributed by atoms with Crippen LogP contribution in [0.25, 0.3) is 15.7 Å². The van der Waals surface area contributed by atoms with Crippen molar-refractivity contribution in [3.05, 3.63) is 47.6 Å². The Bertz CT molecular complexity index is 1200. The number of aryl methyl sites for hydroxylation is 1. The van der Waals surface area contributed by atoms with Crippen molar-refractivity contribution in [3.8, 4) is 5.75 Å². The molecular formula is C20H18N6O4. The monoisotopic (exact) mass is 406 g/mol. The van der Waals surface area contributed by atoms with E-state index in [0.717, 1.165) is 5.39 Å². The first kappa shape index (κ1) is 19.2. The number of hydrogen-bond acceptors (Lipinski definition) is 5. The van der Waals surface area contributed by atoms with Crippen LogP contribution in [-0.2, 0) is 21.4 Å². The van der Waals surface area contributed by atoms with Crippen molar-refractivity contribution in [2.75, 3.05) is 11.9 Å². The Balaban J connectivity index is 1.55. The minimum Gasteiger partial charge on any atom is -0.481 e. The number of rotatable bonds is 5. The molecule has 152 valence electrons. The van der Waals surface area contributed by atoms with Crippen LogP contribution >= 0.6 is 0 Å². The molecule has 3 N–H and O–H groups in total. The van der Waals surface area contributed by atoms with Crippen LogP contribution in [0.15, 0.2) is 30.5 Å². The molecular weight excluding hydrogens is 388 g/mol. The number of imide groups is 1. The van der Waals surface area contributed by atoms with Gasteiger partial charge in [-0.05, 0) is 24.8 Å². The maximum absolute atomic E-state index is 12.3. The number of anilines is 1. The van der Waals surface area contributed by atoms with E-state index < -0.39 is 11.8 Å². The number of carbonyl (C=O) groups excluding carboxylic acids is 3. The predicted octanol–water partition coefficient (Wildman–Crippen LogP) is 1.99. The summed E-state index contributed by atoms with van der Waals surface area (Å²) in [5.41, 5.74) is 1.53. The zero-order valence-corrected chi connectivity index (χ0v) is 16.1. The summed E-state index contributed by atoms with van der Waals surface area (Å²) in [4.78, 5) is 42.1. The zero-order valence-electron chi connectivity index (χ0n) is 16.1. The largest absolute Gasteiger partial charge is 0.481 e. The van der Waals surface area contributed by atoms with Gasteiger partial charge in [-0.3, -0.25) is 24.4 Å². The lowest BCUT2D eigenvalue weighted by atomic mass is 9.93. The summed E-state index contributed by atoms with van der Waals surface area (Å²) in [6, 6.07) is 6.87. The van der Waals surface area contributed by atoms with E-state index in [9.17, 15) is 14.4 Å². The quantitative estimate of drug-likeness (QED) is 0.442. The van der Waals surface area contributed by atoms with Crippen LogP contribution in [0.1, 0.15) is 24.5 Å². The van der Waals surface area contributed by atoms with Gasteiger partial charge in [0.25, 0.3) is 5.91 Å². The van der Waals surface area contributed by atoms with E-state index in [1.54, 1.807) is 36.1 Å². The zero-order chi connectivity index (χ0) is 21.3. The summed E-state index contributed by atoms with van der Waals surface area (Å²) in [5.74, 6) is -0.837. The number of piperidine rings is 1. The fraction of sp³-hybridized carbons (Fsp3) is 0.250. The molecule has 3 amide bonds. The number of H-pyrrole nitrogens is 1. The van der Waals surface area contributed by atoms with E-state index in [2.05, 4.69) is 25.6 Å². The average molecular weight is 406 g/mol. The van der Waals surface area contributed by atoms with Gasteiger partial charge in [0.15, 0.2) is 6.61 Å². The minimum atomic E-state index is -0.523. The van der Waals surface area contributed by atoms with Crippen molar-refractivity contribution >= 4 is 40.1 Å². The number of amides is 3. The van der Waals surface area contributed by atoms with E-state index in [4.69, 9.17) is 11.3 Å². The third-order valence-corrected chi connectivity index (χ3v) is 4.89. The minimum absolute atomic E-state index is 0.260. The molecule has 1 aliphatic heterocycles. The lowest BCUT2D eigenvalue weighted by molar-refractivity contribution is -0.134. The molecule has 4 rings (SSSR count). The van der Waals surface area contributed by atoms with Gasteiger partial charge in [-0.2, -0.15) is 5.10 Å². The molecule has 1 saturated heterocycles. The highest BCUT2D eigenvalue weighted by Crippen LogP contribution is 2.34. The molecule has 0 radical (unpaired) electrons. The normalized spacial score (nSPS) is 16.2. The Morgan fingerprint density at radius 2 is 2.23 bits per heavy atom. The fourth-order valence-electron chi connectivity index (χ4n) is 3.53. The summed E-state index contributed by atoms with van der Waals surface area (Å²) in [5, 5.41) is 10.2. The van der Waals surface area contributed by atoms with Crippen molar-refractivity contribution in [1.82, 2.24) is 20.1 Å². The second kappa shape index (κ2) is 7.71. The van der Waals surface area contributed by atoms with Gasteiger partial charge in [0.2, 0.25) is 17.5 Å². The predicted molar refractivity (Wildman–Crippen MR) is 107 cm³/mol. The molecule has 30 heavy (non-hydrogen) atoms. The lowest BCUT2D eigenvalue weighted by Crippen LogP contribution is -2.39. The molecule has 10 heteroatoms. The van der Waals surface area contributed by atoms with Crippen molar-refractivity contribution < 1.29 is 19.1 Å². The number of aromatic nitrogens is 3. The van der Waals surface area contributed by atoms with Crippen LogP contribution in [0.5, 0.6) is 5.75 Å². The van der Waals surface area contributed by atoms with Gasteiger partial charge in [-0.1, -0.05) is 12.1 Å².